The van der Waals surface area contributed by atoms with Crippen LogP contribution >= 0.6 is 11.3 Å². The predicted molar refractivity (Wildman–Crippen MR) is 101 cm³/mol. The lowest BCUT2D eigenvalue weighted by Gasteiger charge is -2.22. The van der Waals surface area contributed by atoms with Crippen molar-refractivity contribution in [2.24, 2.45) is 0 Å². The van der Waals surface area contributed by atoms with Crippen LogP contribution in [0.25, 0.3) is 10.6 Å². The molecular formula is C16H16N6O3S2. The van der Waals surface area contributed by atoms with Crippen molar-refractivity contribution in [2.75, 3.05) is 16.8 Å². The van der Waals surface area contributed by atoms with Gasteiger partial charge in [-0.1, -0.05) is 11.3 Å². The molecule has 0 radical (unpaired) electrons. The highest BCUT2D eigenvalue weighted by Gasteiger charge is 2.29. The van der Waals surface area contributed by atoms with Crippen LogP contribution in [0, 0.1) is 6.92 Å². The predicted octanol–water partition coefficient (Wildman–Crippen LogP) is 1.84. The third kappa shape index (κ3) is 3.36. The Balaban J connectivity index is 1.63. The SMILES string of the molecule is Cc1nnc(-c2cnc(Nc3ccc4c(c3)C(O)CCS4(=O)=O)nc2N)s1. The van der Waals surface area contributed by atoms with Gasteiger partial charge in [0.1, 0.15) is 10.8 Å². The van der Waals surface area contributed by atoms with E-state index in [2.05, 4.69) is 25.5 Å². The van der Waals surface area contributed by atoms with E-state index in [1.54, 1.807) is 18.3 Å². The minimum Gasteiger partial charge on any atom is -0.388 e. The summed E-state index contributed by atoms with van der Waals surface area (Å²) >= 11 is 1.39. The molecule has 0 bridgehead atoms. The summed E-state index contributed by atoms with van der Waals surface area (Å²) in [5.74, 6) is 0.454. The van der Waals surface area contributed by atoms with E-state index < -0.39 is 15.9 Å². The van der Waals surface area contributed by atoms with Gasteiger partial charge in [-0.2, -0.15) is 4.98 Å². The Labute approximate surface area is 159 Å². The zero-order chi connectivity index (χ0) is 19.2. The second kappa shape index (κ2) is 6.51. The number of benzene rings is 1. The highest BCUT2D eigenvalue weighted by Crippen LogP contribution is 2.34. The number of aryl methyl sites for hydroxylation is 1. The van der Waals surface area contributed by atoms with Gasteiger partial charge < -0.3 is 16.2 Å². The van der Waals surface area contributed by atoms with Gasteiger partial charge in [0.05, 0.1) is 22.3 Å². The maximum atomic E-state index is 12.1. The Morgan fingerprint density at radius 3 is 2.85 bits per heavy atom. The largest absolute Gasteiger partial charge is 0.388 e. The molecule has 0 spiro atoms. The molecule has 0 amide bonds. The number of aliphatic hydroxyl groups excluding tert-OH is 1. The van der Waals surface area contributed by atoms with Crippen LogP contribution in [-0.2, 0) is 9.84 Å². The molecule has 1 aromatic carbocycles. The molecule has 1 aliphatic heterocycles. The van der Waals surface area contributed by atoms with Gasteiger partial charge in [0.2, 0.25) is 5.95 Å². The Kier molecular flexibility index (Phi) is 4.29. The van der Waals surface area contributed by atoms with Crippen LogP contribution in [0.1, 0.15) is 23.1 Å². The molecule has 0 aliphatic carbocycles. The summed E-state index contributed by atoms with van der Waals surface area (Å²) in [6, 6.07) is 4.69. The van der Waals surface area contributed by atoms with E-state index in [9.17, 15) is 13.5 Å². The molecule has 1 unspecified atom stereocenters. The number of nitrogens with zero attached hydrogens (tertiary/aromatic N) is 4. The molecule has 9 nitrogen and oxygen atoms in total. The van der Waals surface area contributed by atoms with Gasteiger partial charge in [0.25, 0.3) is 0 Å². The molecule has 0 saturated heterocycles. The maximum Gasteiger partial charge on any atom is 0.229 e. The molecule has 3 aromatic rings. The smallest absolute Gasteiger partial charge is 0.229 e. The first-order valence-electron chi connectivity index (χ1n) is 8.08. The van der Waals surface area contributed by atoms with Crippen molar-refractivity contribution in [1.82, 2.24) is 20.2 Å². The number of fused-ring (bicyclic) bond motifs is 1. The van der Waals surface area contributed by atoms with Crippen molar-refractivity contribution in [3.63, 3.8) is 0 Å². The fourth-order valence-corrected chi connectivity index (χ4v) is 5.15. The second-order valence-corrected chi connectivity index (χ2v) is 9.38. The quantitative estimate of drug-likeness (QED) is 0.595. The summed E-state index contributed by atoms with van der Waals surface area (Å²) in [5.41, 5.74) is 7.54. The highest BCUT2D eigenvalue weighted by molar-refractivity contribution is 7.91. The summed E-state index contributed by atoms with van der Waals surface area (Å²) < 4.78 is 24.2. The van der Waals surface area contributed by atoms with Crippen molar-refractivity contribution in [3.8, 4) is 10.6 Å². The van der Waals surface area contributed by atoms with Crippen molar-refractivity contribution >= 4 is 38.6 Å². The zero-order valence-electron chi connectivity index (χ0n) is 14.2. The molecule has 2 aromatic heterocycles. The van der Waals surface area contributed by atoms with Crippen LogP contribution in [0.5, 0.6) is 0 Å². The number of rotatable bonds is 3. The topological polar surface area (TPSA) is 144 Å². The third-order valence-corrected chi connectivity index (χ3v) is 6.88. The Morgan fingerprint density at radius 2 is 2.15 bits per heavy atom. The first-order valence-corrected chi connectivity index (χ1v) is 10.5. The molecule has 0 saturated carbocycles. The number of aromatic nitrogens is 4. The number of nitrogens with two attached hydrogens (primary N) is 1. The van der Waals surface area contributed by atoms with Crippen LogP contribution in [0.2, 0.25) is 0 Å². The van der Waals surface area contributed by atoms with E-state index >= 15 is 0 Å². The average Bonchev–Trinajstić information content (AvgIpc) is 3.05. The Bertz CT molecular complexity index is 1130. The van der Waals surface area contributed by atoms with E-state index in [-0.39, 0.29) is 28.8 Å². The fourth-order valence-electron chi connectivity index (χ4n) is 2.86. The molecule has 0 fully saturated rings. The van der Waals surface area contributed by atoms with E-state index in [0.29, 0.717) is 21.8 Å². The van der Waals surface area contributed by atoms with Gasteiger partial charge in [-0.05, 0) is 31.5 Å². The van der Waals surface area contributed by atoms with Gasteiger partial charge in [-0.15, -0.1) is 10.2 Å². The number of sulfone groups is 1. The molecule has 11 heteroatoms. The van der Waals surface area contributed by atoms with E-state index in [4.69, 9.17) is 5.73 Å². The Hall–Kier alpha value is -2.63. The first-order chi connectivity index (χ1) is 12.8. The highest BCUT2D eigenvalue weighted by atomic mass is 32.2. The van der Waals surface area contributed by atoms with Crippen LogP contribution in [-0.4, -0.2) is 39.4 Å². The molecule has 140 valence electrons. The fraction of sp³-hybridized carbons (Fsp3) is 0.250. The summed E-state index contributed by atoms with van der Waals surface area (Å²) in [6.45, 7) is 1.85. The molecule has 3 heterocycles. The normalized spacial score (nSPS) is 18.1. The van der Waals surface area contributed by atoms with Gasteiger partial charge in [-0.25, -0.2) is 13.4 Å². The standard InChI is InChI=1S/C16H16N6O3S2/c1-8-21-22-15(26-8)11-7-18-16(20-14(11)17)19-9-2-3-13-10(6-9)12(23)4-5-27(13,24)25/h2-3,6-7,12,23H,4-5H2,1H3,(H3,17,18,19,20). The van der Waals surface area contributed by atoms with Crippen molar-refractivity contribution in [1.29, 1.82) is 0 Å². The third-order valence-electron chi connectivity index (χ3n) is 4.19. The molecule has 27 heavy (non-hydrogen) atoms. The molecule has 1 aliphatic rings. The summed E-state index contributed by atoms with van der Waals surface area (Å²) in [6.07, 6.45) is 0.917. The number of nitrogens with one attached hydrogen (secondary N) is 1. The van der Waals surface area contributed by atoms with Crippen LogP contribution < -0.4 is 11.1 Å². The number of nitrogen functional groups attached to an aromatic ring is 1. The maximum absolute atomic E-state index is 12.1. The lowest BCUT2D eigenvalue weighted by molar-refractivity contribution is 0.168. The van der Waals surface area contributed by atoms with Gasteiger partial charge in [0.15, 0.2) is 14.8 Å². The number of aliphatic hydroxyl groups is 1. The van der Waals surface area contributed by atoms with Gasteiger partial charge in [0, 0.05) is 17.4 Å². The minimum atomic E-state index is -3.36. The van der Waals surface area contributed by atoms with Gasteiger partial charge in [-0.3, -0.25) is 0 Å². The van der Waals surface area contributed by atoms with E-state index in [1.807, 2.05) is 6.92 Å². The van der Waals surface area contributed by atoms with Crippen LogP contribution in [0.3, 0.4) is 0 Å². The summed E-state index contributed by atoms with van der Waals surface area (Å²) in [7, 11) is -3.36. The molecule has 1 atom stereocenters. The summed E-state index contributed by atoms with van der Waals surface area (Å²) in [5, 5.41) is 22.6. The number of anilines is 3. The lowest BCUT2D eigenvalue weighted by Crippen LogP contribution is -2.20. The van der Waals surface area contributed by atoms with Crippen molar-refractivity contribution < 1.29 is 13.5 Å². The van der Waals surface area contributed by atoms with E-state index in [1.165, 1.54) is 17.4 Å². The van der Waals surface area contributed by atoms with Gasteiger partial charge >= 0.3 is 0 Å². The summed E-state index contributed by atoms with van der Waals surface area (Å²) in [4.78, 5) is 8.62. The number of hydrogen-bond acceptors (Lipinski definition) is 10. The first kappa shape index (κ1) is 17.8. The average molecular weight is 404 g/mol. The lowest BCUT2D eigenvalue weighted by atomic mass is 10.1. The van der Waals surface area contributed by atoms with Crippen molar-refractivity contribution in [3.05, 3.63) is 35.0 Å². The molecular weight excluding hydrogens is 388 g/mol. The molecule has 4 rings (SSSR count). The Morgan fingerprint density at radius 1 is 1.33 bits per heavy atom. The zero-order valence-corrected chi connectivity index (χ0v) is 15.9. The van der Waals surface area contributed by atoms with Crippen LogP contribution in [0.15, 0.2) is 29.3 Å². The monoisotopic (exact) mass is 404 g/mol. The second-order valence-electron chi connectivity index (χ2n) is 6.12. The number of hydrogen-bond donors (Lipinski definition) is 3. The molecule has 4 N–H and O–H groups in total. The van der Waals surface area contributed by atoms with E-state index in [0.717, 1.165) is 5.01 Å². The minimum absolute atomic E-state index is 0.0554. The van der Waals surface area contributed by atoms with Crippen molar-refractivity contribution in [2.45, 2.75) is 24.3 Å². The van der Waals surface area contributed by atoms with Crippen LogP contribution in [0.4, 0.5) is 17.5 Å².